The van der Waals surface area contributed by atoms with E-state index in [4.69, 9.17) is 4.74 Å². The summed E-state index contributed by atoms with van der Waals surface area (Å²) in [7, 11) is 0. The summed E-state index contributed by atoms with van der Waals surface area (Å²) >= 11 is 3.52. The molecule has 1 atom stereocenters. The Kier molecular flexibility index (Phi) is 5.69. The largest absolute Gasteiger partial charge is 0.493 e. The van der Waals surface area contributed by atoms with Crippen molar-refractivity contribution in [1.82, 2.24) is 0 Å². The maximum atomic E-state index is 5.52. The van der Waals surface area contributed by atoms with Crippen LogP contribution in [0.15, 0.2) is 24.3 Å². The van der Waals surface area contributed by atoms with Gasteiger partial charge in [-0.25, -0.2) is 0 Å². The maximum absolute atomic E-state index is 5.52. The zero-order chi connectivity index (χ0) is 10.2. The SMILES string of the molecule is CC(Br)CCCCOc1[c]cccc1. The van der Waals surface area contributed by atoms with Gasteiger partial charge in [-0.15, -0.1) is 0 Å². The van der Waals surface area contributed by atoms with Crippen LogP contribution in [0.2, 0.25) is 0 Å². The van der Waals surface area contributed by atoms with Crippen LogP contribution in [0.5, 0.6) is 5.75 Å². The molecule has 0 bridgehead atoms. The summed E-state index contributed by atoms with van der Waals surface area (Å²) in [5.41, 5.74) is 0. The molecular formula is C12H16BrO. The van der Waals surface area contributed by atoms with Gasteiger partial charge in [0.05, 0.1) is 6.61 Å². The molecule has 0 heterocycles. The average molecular weight is 256 g/mol. The van der Waals surface area contributed by atoms with E-state index in [9.17, 15) is 0 Å². The summed E-state index contributed by atoms with van der Waals surface area (Å²) in [6.45, 7) is 2.96. The van der Waals surface area contributed by atoms with Gasteiger partial charge in [-0.3, -0.25) is 0 Å². The first kappa shape index (κ1) is 11.6. The van der Waals surface area contributed by atoms with Gasteiger partial charge in [0.25, 0.3) is 0 Å². The Morgan fingerprint density at radius 1 is 1.43 bits per heavy atom. The van der Waals surface area contributed by atoms with E-state index in [1.165, 1.54) is 12.8 Å². The van der Waals surface area contributed by atoms with Crippen molar-refractivity contribution in [3.8, 4) is 5.75 Å². The fourth-order valence-electron chi connectivity index (χ4n) is 1.18. The maximum Gasteiger partial charge on any atom is 0.127 e. The lowest BCUT2D eigenvalue weighted by molar-refractivity contribution is 0.305. The minimum absolute atomic E-state index is 0.616. The van der Waals surface area contributed by atoms with Crippen molar-refractivity contribution in [1.29, 1.82) is 0 Å². The van der Waals surface area contributed by atoms with Gasteiger partial charge in [0.2, 0.25) is 0 Å². The molecule has 0 saturated carbocycles. The first-order valence-electron chi connectivity index (χ1n) is 5.02. The second kappa shape index (κ2) is 6.88. The Hall–Kier alpha value is -0.500. The number of halogens is 1. The number of benzene rings is 1. The third-order valence-electron chi connectivity index (χ3n) is 1.93. The Labute approximate surface area is 94.6 Å². The summed E-state index contributed by atoms with van der Waals surface area (Å²) in [6, 6.07) is 10.8. The van der Waals surface area contributed by atoms with Crippen LogP contribution >= 0.6 is 15.9 Å². The van der Waals surface area contributed by atoms with Gasteiger partial charge >= 0.3 is 0 Å². The topological polar surface area (TPSA) is 9.23 Å². The predicted octanol–water partition coefficient (Wildman–Crippen LogP) is 3.82. The minimum atomic E-state index is 0.616. The molecule has 77 valence electrons. The van der Waals surface area contributed by atoms with Crippen LogP contribution in [0.1, 0.15) is 26.2 Å². The van der Waals surface area contributed by atoms with Crippen LogP contribution in [-0.4, -0.2) is 11.4 Å². The molecule has 1 rings (SSSR count). The Morgan fingerprint density at radius 3 is 2.93 bits per heavy atom. The van der Waals surface area contributed by atoms with E-state index in [0.717, 1.165) is 18.8 Å². The van der Waals surface area contributed by atoms with Crippen LogP contribution in [0.3, 0.4) is 0 Å². The lowest BCUT2D eigenvalue weighted by atomic mass is 10.2. The van der Waals surface area contributed by atoms with Gasteiger partial charge < -0.3 is 4.74 Å². The average Bonchev–Trinajstić information content (AvgIpc) is 2.18. The normalized spacial score (nSPS) is 12.4. The second-order valence-electron chi connectivity index (χ2n) is 3.35. The van der Waals surface area contributed by atoms with Crippen molar-refractivity contribution in [3.63, 3.8) is 0 Å². The molecule has 0 aliphatic heterocycles. The lowest BCUT2D eigenvalue weighted by Crippen LogP contribution is -1.98. The molecule has 0 spiro atoms. The summed E-state index contributed by atoms with van der Waals surface area (Å²) in [5, 5.41) is 0. The summed E-state index contributed by atoms with van der Waals surface area (Å²) < 4.78 is 5.52. The van der Waals surface area contributed by atoms with Crippen molar-refractivity contribution >= 4 is 15.9 Å². The third kappa shape index (κ3) is 5.28. The van der Waals surface area contributed by atoms with Crippen molar-refractivity contribution < 1.29 is 4.74 Å². The standard InChI is InChI=1S/C12H16BrO/c1-11(13)7-5-6-10-14-12-8-3-2-4-9-12/h2-4,8,11H,5-7,10H2,1H3. The van der Waals surface area contributed by atoms with Crippen molar-refractivity contribution in [2.45, 2.75) is 31.0 Å². The number of hydrogen-bond acceptors (Lipinski definition) is 1. The quantitative estimate of drug-likeness (QED) is 0.555. The van der Waals surface area contributed by atoms with Gasteiger partial charge in [-0.1, -0.05) is 41.1 Å². The van der Waals surface area contributed by atoms with Gasteiger partial charge in [0.1, 0.15) is 5.75 Å². The molecule has 0 amide bonds. The van der Waals surface area contributed by atoms with Crippen LogP contribution < -0.4 is 4.74 Å². The molecule has 2 heteroatoms. The van der Waals surface area contributed by atoms with Gasteiger partial charge in [-0.05, 0) is 25.3 Å². The van der Waals surface area contributed by atoms with Crippen LogP contribution in [-0.2, 0) is 0 Å². The van der Waals surface area contributed by atoms with Crippen LogP contribution in [0.25, 0.3) is 0 Å². The zero-order valence-electron chi connectivity index (χ0n) is 8.50. The summed E-state index contributed by atoms with van der Waals surface area (Å²) in [5.74, 6) is 0.847. The fourth-order valence-corrected chi connectivity index (χ4v) is 1.50. The van der Waals surface area contributed by atoms with Gasteiger partial charge in [0, 0.05) is 10.9 Å². The molecule has 1 unspecified atom stereocenters. The van der Waals surface area contributed by atoms with Crippen LogP contribution in [0, 0.1) is 6.07 Å². The smallest absolute Gasteiger partial charge is 0.127 e. The lowest BCUT2D eigenvalue weighted by Gasteiger charge is -2.05. The monoisotopic (exact) mass is 255 g/mol. The van der Waals surface area contributed by atoms with E-state index < -0.39 is 0 Å². The molecule has 0 saturated heterocycles. The first-order valence-corrected chi connectivity index (χ1v) is 5.94. The second-order valence-corrected chi connectivity index (χ2v) is 4.91. The highest BCUT2D eigenvalue weighted by molar-refractivity contribution is 9.09. The number of unbranched alkanes of at least 4 members (excludes halogenated alkanes) is 1. The highest BCUT2D eigenvalue weighted by atomic mass is 79.9. The number of alkyl halides is 1. The number of hydrogen-bond donors (Lipinski definition) is 0. The minimum Gasteiger partial charge on any atom is -0.493 e. The van der Waals surface area contributed by atoms with E-state index in [1.54, 1.807) is 0 Å². The van der Waals surface area contributed by atoms with Crippen molar-refractivity contribution in [3.05, 3.63) is 30.3 Å². The van der Waals surface area contributed by atoms with Gasteiger partial charge in [0.15, 0.2) is 0 Å². The van der Waals surface area contributed by atoms with Gasteiger partial charge in [-0.2, -0.15) is 0 Å². The zero-order valence-corrected chi connectivity index (χ0v) is 10.1. The molecular weight excluding hydrogens is 240 g/mol. The van der Waals surface area contributed by atoms with Crippen molar-refractivity contribution in [2.24, 2.45) is 0 Å². The van der Waals surface area contributed by atoms with E-state index in [-0.39, 0.29) is 0 Å². The molecule has 1 nitrogen and oxygen atoms in total. The Balaban J connectivity index is 2.05. The molecule has 14 heavy (non-hydrogen) atoms. The number of rotatable bonds is 6. The fraction of sp³-hybridized carbons (Fsp3) is 0.500. The molecule has 0 fully saturated rings. The number of para-hydroxylation sites is 1. The third-order valence-corrected chi connectivity index (χ3v) is 2.39. The predicted molar refractivity (Wildman–Crippen MR) is 63.0 cm³/mol. The van der Waals surface area contributed by atoms with E-state index >= 15 is 0 Å². The number of ether oxygens (including phenoxy) is 1. The molecule has 1 aromatic carbocycles. The molecule has 0 aliphatic carbocycles. The molecule has 0 aliphatic rings. The first-order chi connectivity index (χ1) is 6.79. The Morgan fingerprint density at radius 2 is 2.29 bits per heavy atom. The summed E-state index contributed by atoms with van der Waals surface area (Å²) in [6.07, 6.45) is 3.53. The van der Waals surface area contributed by atoms with E-state index in [2.05, 4.69) is 28.9 Å². The van der Waals surface area contributed by atoms with Crippen LogP contribution in [0.4, 0.5) is 0 Å². The highest BCUT2D eigenvalue weighted by Crippen LogP contribution is 2.11. The van der Waals surface area contributed by atoms with E-state index in [0.29, 0.717) is 4.83 Å². The summed E-state index contributed by atoms with van der Waals surface area (Å²) in [4.78, 5) is 0.616. The van der Waals surface area contributed by atoms with Crippen molar-refractivity contribution in [2.75, 3.05) is 6.61 Å². The molecule has 0 N–H and O–H groups in total. The molecule has 1 radical (unpaired) electrons. The Bertz CT molecular complexity index is 233. The van der Waals surface area contributed by atoms with E-state index in [1.807, 2.05) is 24.3 Å². The highest BCUT2D eigenvalue weighted by Gasteiger charge is 1.96. The molecule has 1 aromatic rings. The molecule has 0 aromatic heterocycles.